The molecule has 1 aliphatic heterocycles. The normalized spacial score (nSPS) is 15.1. The first-order valence-corrected chi connectivity index (χ1v) is 10.5. The summed E-state index contributed by atoms with van der Waals surface area (Å²) in [6.45, 7) is 1.94. The molecule has 1 heterocycles. The molecule has 1 saturated heterocycles. The van der Waals surface area contributed by atoms with Gasteiger partial charge in [0.1, 0.15) is 17.2 Å². The van der Waals surface area contributed by atoms with E-state index in [9.17, 15) is 4.79 Å². The molecule has 0 radical (unpaired) electrons. The summed E-state index contributed by atoms with van der Waals surface area (Å²) in [5.41, 5.74) is 1.66. The summed E-state index contributed by atoms with van der Waals surface area (Å²) in [5.74, 6) is 2.20. The zero-order chi connectivity index (χ0) is 21.5. The van der Waals surface area contributed by atoms with Gasteiger partial charge in [0.15, 0.2) is 0 Å². The van der Waals surface area contributed by atoms with E-state index >= 15 is 0 Å². The Morgan fingerprint density at radius 3 is 2.13 bits per heavy atom. The van der Waals surface area contributed by atoms with Gasteiger partial charge in [-0.2, -0.15) is 0 Å². The van der Waals surface area contributed by atoms with Crippen LogP contribution in [0.3, 0.4) is 0 Å². The lowest BCUT2D eigenvalue weighted by molar-refractivity contribution is 0.0487. The van der Waals surface area contributed by atoms with Gasteiger partial charge in [-0.1, -0.05) is 30.3 Å². The van der Waals surface area contributed by atoms with Crippen molar-refractivity contribution in [3.63, 3.8) is 0 Å². The predicted octanol–water partition coefficient (Wildman–Crippen LogP) is 4.97. The Bertz CT molecular complexity index is 978. The minimum Gasteiger partial charge on any atom is -0.497 e. The van der Waals surface area contributed by atoms with Crippen LogP contribution in [0.25, 0.3) is 0 Å². The van der Waals surface area contributed by atoms with Gasteiger partial charge in [0, 0.05) is 30.7 Å². The average Bonchev–Trinajstić information content (AvgIpc) is 2.84. The molecule has 3 aromatic rings. The molecule has 0 bridgehead atoms. The topological polar surface area (TPSA) is 56.8 Å². The van der Waals surface area contributed by atoms with Crippen molar-refractivity contribution < 1.29 is 19.0 Å². The Morgan fingerprint density at radius 2 is 1.48 bits per heavy atom. The van der Waals surface area contributed by atoms with Gasteiger partial charge < -0.3 is 19.5 Å². The maximum absolute atomic E-state index is 12.8. The number of benzene rings is 3. The second-order valence-electron chi connectivity index (χ2n) is 7.74. The van der Waals surface area contributed by atoms with Crippen LogP contribution in [-0.4, -0.2) is 32.8 Å². The number of nitrogens with one attached hydrogen (secondary N) is 1. The van der Waals surface area contributed by atoms with Crippen LogP contribution in [0.1, 0.15) is 28.8 Å². The van der Waals surface area contributed by atoms with Crippen LogP contribution in [0.4, 0.5) is 0 Å². The minimum absolute atomic E-state index is 0.0920. The molecule has 4 rings (SSSR count). The fraction of sp³-hybridized carbons (Fsp3) is 0.269. The molecule has 1 aliphatic rings. The summed E-state index contributed by atoms with van der Waals surface area (Å²) in [6, 6.07) is 24.9. The highest BCUT2D eigenvalue weighted by Crippen LogP contribution is 2.35. The molecule has 5 nitrogen and oxygen atoms in total. The minimum atomic E-state index is -0.142. The Hall–Kier alpha value is -3.31. The molecule has 0 unspecified atom stereocenters. The summed E-state index contributed by atoms with van der Waals surface area (Å²) < 4.78 is 16.7. The largest absolute Gasteiger partial charge is 0.497 e. The highest BCUT2D eigenvalue weighted by atomic mass is 16.5. The van der Waals surface area contributed by atoms with E-state index in [-0.39, 0.29) is 11.3 Å². The zero-order valence-electron chi connectivity index (χ0n) is 17.7. The molecular weight excluding hydrogens is 390 g/mol. The van der Waals surface area contributed by atoms with Gasteiger partial charge in [-0.25, -0.2) is 0 Å². The van der Waals surface area contributed by atoms with Crippen LogP contribution >= 0.6 is 0 Å². The van der Waals surface area contributed by atoms with Crippen molar-refractivity contribution in [2.45, 2.75) is 18.3 Å². The van der Waals surface area contributed by atoms with Crippen molar-refractivity contribution in [3.05, 3.63) is 90.0 Å². The van der Waals surface area contributed by atoms with E-state index in [2.05, 4.69) is 17.4 Å². The first kappa shape index (κ1) is 20.9. The Balaban J connectivity index is 1.42. The van der Waals surface area contributed by atoms with Gasteiger partial charge in [0.05, 0.1) is 7.11 Å². The number of hydrogen-bond donors (Lipinski definition) is 1. The highest BCUT2D eigenvalue weighted by molar-refractivity contribution is 5.94. The van der Waals surface area contributed by atoms with Crippen LogP contribution in [-0.2, 0) is 10.2 Å². The smallest absolute Gasteiger partial charge is 0.251 e. The van der Waals surface area contributed by atoms with Crippen LogP contribution in [0.5, 0.6) is 17.2 Å². The summed E-state index contributed by atoms with van der Waals surface area (Å²) in [6.07, 6.45) is 1.73. The fourth-order valence-corrected chi connectivity index (χ4v) is 3.92. The summed E-state index contributed by atoms with van der Waals surface area (Å²) in [5, 5.41) is 3.14. The maximum Gasteiger partial charge on any atom is 0.251 e. The first-order valence-electron chi connectivity index (χ1n) is 10.5. The third-order valence-corrected chi connectivity index (χ3v) is 5.84. The molecule has 1 fully saturated rings. The number of carbonyl (C=O) groups excluding carboxylic acids is 1. The molecule has 0 saturated carbocycles. The van der Waals surface area contributed by atoms with Crippen LogP contribution in [0.15, 0.2) is 78.9 Å². The van der Waals surface area contributed by atoms with Gasteiger partial charge in [0.25, 0.3) is 5.91 Å². The third-order valence-electron chi connectivity index (χ3n) is 5.84. The van der Waals surface area contributed by atoms with Gasteiger partial charge in [-0.15, -0.1) is 0 Å². The van der Waals surface area contributed by atoms with Crippen molar-refractivity contribution in [2.24, 2.45) is 0 Å². The molecule has 5 heteroatoms. The number of ether oxygens (including phenoxy) is 3. The van der Waals surface area contributed by atoms with Crippen molar-refractivity contribution >= 4 is 5.91 Å². The number of hydrogen-bond acceptors (Lipinski definition) is 4. The van der Waals surface area contributed by atoms with Gasteiger partial charge in [-0.05, 0) is 66.9 Å². The number of rotatable bonds is 7. The van der Waals surface area contributed by atoms with E-state index in [0.29, 0.717) is 31.1 Å². The maximum atomic E-state index is 12.8. The van der Waals surface area contributed by atoms with Gasteiger partial charge >= 0.3 is 0 Å². The number of carbonyl (C=O) groups is 1. The summed E-state index contributed by atoms with van der Waals surface area (Å²) >= 11 is 0. The van der Waals surface area contributed by atoms with Crippen LogP contribution < -0.4 is 14.8 Å². The van der Waals surface area contributed by atoms with Gasteiger partial charge in [0.2, 0.25) is 0 Å². The molecule has 0 aliphatic carbocycles. The quantitative estimate of drug-likeness (QED) is 0.590. The second-order valence-corrected chi connectivity index (χ2v) is 7.74. The predicted molar refractivity (Wildman–Crippen MR) is 120 cm³/mol. The average molecular weight is 418 g/mol. The van der Waals surface area contributed by atoms with E-state index in [1.165, 1.54) is 5.56 Å². The molecule has 160 valence electrons. The summed E-state index contributed by atoms with van der Waals surface area (Å²) in [4.78, 5) is 12.8. The SMILES string of the molecule is COc1ccc(C2(CNC(=O)c3ccc(Oc4ccccc4)cc3)CCOCC2)cc1. The lowest BCUT2D eigenvalue weighted by atomic mass is 9.74. The molecule has 1 amide bonds. The molecule has 0 spiro atoms. The monoisotopic (exact) mass is 417 g/mol. The number of para-hydroxylation sites is 1. The zero-order valence-corrected chi connectivity index (χ0v) is 17.7. The number of methoxy groups -OCH3 is 1. The lowest BCUT2D eigenvalue weighted by Crippen LogP contribution is -2.44. The van der Waals surface area contributed by atoms with E-state index < -0.39 is 0 Å². The van der Waals surface area contributed by atoms with Crippen molar-refractivity contribution in [1.29, 1.82) is 0 Å². The number of amides is 1. The molecular formula is C26H27NO4. The van der Waals surface area contributed by atoms with Crippen LogP contribution in [0, 0.1) is 0 Å². The first-order chi connectivity index (χ1) is 15.2. The van der Waals surface area contributed by atoms with Gasteiger partial charge in [-0.3, -0.25) is 4.79 Å². The summed E-state index contributed by atoms with van der Waals surface area (Å²) in [7, 11) is 1.66. The highest BCUT2D eigenvalue weighted by Gasteiger charge is 2.35. The lowest BCUT2D eigenvalue weighted by Gasteiger charge is -2.38. The van der Waals surface area contributed by atoms with E-state index in [1.807, 2.05) is 54.6 Å². The molecule has 31 heavy (non-hydrogen) atoms. The van der Waals surface area contributed by atoms with Crippen molar-refractivity contribution in [1.82, 2.24) is 5.32 Å². The standard InChI is InChI=1S/C26H27NO4/c1-29-22-13-9-21(10-14-22)26(15-17-30-18-16-26)19-27-25(28)20-7-11-24(12-8-20)31-23-5-3-2-4-6-23/h2-14H,15-19H2,1H3,(H,27,28). The van der Waals surface area contributed by atoms with E-state index in [4.69, 9.17) is 14.2 Å². The van der Waals surface area contributed by atoms with Crippen molar-refractivity contribution in [3.8, 4) is 17.2 Å². The van der Waals surface area contributed by atoms with Crippen LogP contribution in [0.2, 0.25) is 0 Å². The molecule has 3 aromatic carbocycles. The Morgan fingerprint density at radius 1 is 0.871 bits per heavy atom. The fourth-order valence-electron chi connectivity index (χ4n) is 3.92. The van der Waals surface area contributed by atoms with Crippen molar-refractivity contribution in [2.75, 3.05) is 26.9 Å². The molecule has 0 aromatic heterocycles. The molecule has 0 atom stereocenters. The van der Waals surface area contributed by atoms with E-state index in [0.717, 1.165) is 24.3 Å². The Labute approximate surface area is 183 Å². The molecule has 1 N–H and O–H groups in total. The van der Waals surface area contributed by atoms with E-state index in [1.54, 1.807) is 19.2 Å². The Kier molecular flexibility index (Phi) is 6.53. The third kappa shape index (κ3) is 5.06. The second kappa shape index (κ2) is 9.67.